The molecular weight excluding hydrogens is 491 g/mol. The summed E-state index contributed by atoms with van der Waals surface area (Å²) in [6.45, 7) is 3.11. The highest BCUT2D eigenvalue weighted by molar-refractivity contribution is 14.0. The Morgan fingerprint density at radius 2 is 2.10 bits per heavy atom. The van der Waals surface area contributed by atoms with Crippen molar-refractivity contribution in [3.05, 3.63) is 24.2 Å². The molecule has 164 valence electrons. The second-order valence-electron chi connectivity index (χ2n) is 7.16. The summed E-state index contributed by atoms with van der Waals surface area (Å²) in [5, 5.41) is 6.50. The fourth-order valence-corrected chi connectivity index (χ4v) is 3.09. The Bertz CT molecular complexity index is 647. The van der Waals surface area contributed by atoms with Crippen LogP contribution in [0.15, 0.2) is 27.8 Å². The van der Waals surface area contributed by atoms with Crippen molar-refractivity contribution < 1.29 is 23.4 Å². The van der Waals surface area contributed by atoms with Gasteiger partial charge in [0.15, 0.2) is 11.7 Å². The fourth-order valence-electron chi connectivity index (χ4n) is 3.09. The van der Waals surface area contributed by atoms with Crippen molar-refractivity contribution in [3.8, 4) is 0 Å². The topological polar surface area (TPSA) is 97.6 Å². The molecule has 2 N–H and O–H groups in total. The second kappa shape index (κ2) is 11.7. The normalized spacial score (nSPS) is 20.9. The molecule has 0 saturated carbocycles. The van der Waals surface area contributed by atoms with E-state index in [4.69, 9.17) is 18.6 Å². The van der Waals surface area contributed by atoms with Crippen molar-refractivity contribution in [1.82, 2.24) is 15.5 Å². The number of carbonyl (C=O) groups is 1. The summed E-state index contributed by atoms with van der Waals surface area (Å²) in [6.07, 6.45) is 3.81. The number of rotatable bonds is 7. The minimum Gasteiger partial charge on any atom is -0.469 e. The number of likely N-dealkylation sites (N-methyl/N-ethyl adjacent to an activating group) is 1. The Kier molecular flexibility index (Phi) is 9.66. The lowest BCUT2D eigenvalue weighted by Gasteiger charge is -2.31. The van der Waals surface area contributed by atoms with Crippen LogP contribution in [0.5, 0.6) is 0 Å². The monoisotopic (exact) mass is 522 g/mol. The summed E-state index contributed by atoms with van der Waals surface area (Å²) in [5.74, 6) is 0.896. The van der Waals surface area contributed by atoms with Gasteiger partial charge in [-0.3, -0.25) is 4.79 Å². The lowest BCUT2D eigenvalue weighted by molar-refractivity contribution is -0.210. The average molecular weight is 522 g/mol. The molecule has 29 heavy (non-hydrogen) atoms. The summed E-state index contributed by atoms with van der Waals surface area (Å²) in [6, 6.07) is 3.79. The largest absolute Gasteiger partial charge is 0.469 e. The quantitative estimate of drug-likeness (QED) is 0.313. The molecule has 1 aromatic rings. The molecule has 0 radical (unpaired) electrons. The minimum absolute atomic E-state index is 0. The maximum absolute atomic E-state index is 11.9. The van der Waals surface area contributed by atoms with Gasteiger partial charge in [-0.25, -0.2) is 4.99 Å². The lowest BCUT2D eigenvalue weighted by Crippen LogP contribution is -2.44. The Morgan fingerprint density at radius 1 is 1.31 bits per heavy atom. The molecular formula is C19H31IN4O5. The predicted molar refractivity (Wildman–Crippen MR) is 118 cm³/mol. The van der Waals surface area contributed by atoms with Gasteiger partial charge in [0, 0.05) is 46.4 Å². The number of hydrogen-bond acceptors (Lipinski definition) is 6. The fraction of sp³-hybridized carbons (Fsp3) is 0.684. The standard InChI is InChI=1S/C19H30N4O5.HI/c1-23(2)17(24)13-22-18(20-8-5-15-4-3-9-26-15)21-12-16-14-27-19(28-16)6-10-25-11-7-19;/h3-4,9,16H,5-8,10-14H2,1-2H3,(H2,20,21,22);1H. The molecule has 0 bridgehead atoms. The summed E-state index contributed by atoms with van der Waals surface area (Å²) >= 11 is 0. The summed E-state index contributed by atoms with van der Waals surface area (Å²) < 4.78 is 22.8. The molecule has 3 heterocycles. The van der Waals surface area contributed by atoms with E-state index in [-0.39, 0.29) is 42.5 Å². The van der Waals surface area contributed by atoms with Crippen molar-refractivity contribution in [3.63, 3.8) is 0 Å². The minimum atomic E-state index is -0.504. The van der Waals surface area contributed by atoms with E-state index in [0.29, 0.717) is 38.9 Å². The molecule has 1 amide bonds. The highest BCUT2D eigenvalue weighted by Crippen LogP contribution is 2.32. The van der Waals surface area contributed by atoms with Crippen molar-refractivity contribution in [2.75, 3.05) is 53.6 Å². The number of furan rings is 1. The van der Waals surface area contributed by atoms with E-state index in [0.717, 1.165) is 25.0 Å². The third-order valence-corrected chi connectivity index (χ3v) is 4.78. The van der Waals surface area contributed by atoms with Gasteiger partial charge >= 0.3 is 0 Å². The third-order valence-electron chi connectivity index (χ3n) is 4.78. The number of hydrogen-bond donors (Lipinski definition) is 2. The average Bonchev–Trinajstić information content (AvgIpc) is 3.34. The van der Waals surface area contributed by atoms with Crippen LogP contribution in [-0.4, -0.2) is 82.2 Å². The van der Waals surface area contributed by atoms with Gasteiger partial charge < -0.3 is 34.2 Å². The number of ether oxygens (including phenoxy) is 3. The van der Waals surface area contributed by atoms with Gasteiger partial charge in [0.25, 0.3) is 0 Å². The molecule has 2 aliphatic heterocycles. The van der Waals surface area contributed by atoms with Gasteiger partial charge in [0.2, 0.25) is 5.91 Å². The van der Waals surface area contributed by atoms with Gasteiger partial charge in [-0.15, -0.1) is 24.0 Å². The Morgan fingerprint density at radius 3 is 2.79 bits per heavy atom. The van der Waals surface area contributed by atoms with Crippen molar-refractivity contribution in [2.24, 2.45) is 4.99 Å². The van der Waals surface area contributed by atoms with Crippen LogP contribution in [0.1, 0.15) is 18.6 Å². The van der Waals surface area contributed by atoms with Crippen LogP contribution in [0.4, 0.5) is 0 Å². The zero-order valence-electron chi connectivity index (χ0n) is 17.0. The van der Waals surface area contributed by atoms with Gasteiger partial charge in [0.1, 0.15) is 18.4 Å². The molecule has 1 atom stereocenters. The van der Waals surface area contributed by atoms with E-state index in [9.17, 15) is 4.79 Å². The van der Waals surface area contributed by atoms with E-state index in [1.807, 2.05) is 12.1 Å². The van der Waals surface area contributed by atoms with Crippen molar-refractivity contribution >= 4 is 35.8 Å². The van der Waals surface area contributed by atoms with Crippen LogP contribution in [-0.2, 0) is 25.4 Å². The Labute approximate surface area is 188 Å². The van der Waals surface area contributed by atoms with Crippen LogP contribution in [0.3, 0.4) is 0 Å². The van der Waals surface area contributed by atoms with E-state index in [1.54, 1.807) is 20.4 Å². The number of carbonyl (C=O) groups excluding carboxylic acids is 1. The van der Waals surface area contributed by atoms with Crippen LogP contribution in [0.2, 0.25) is 0 Å². The molecule has 9 nitrogen and oxygen atoms in total. The highest BCUT2D eigenvalue weighted by Gasteiger charge is 2.42. The molecule has 1 unspecified atom stereocenters. The molecule has 3 rings (SSSR count). The number of halogens is 1. The number of nitrogens with one attached hydrogen (secondary N) is 2. The number of aliphatic imine (C=N–C) groups is 1. The van der Waals surface area contributed by atoms with Crippen molar-refractivity contribution in [2.45, 2.75) is 31.2 Å². The summed E-state index contributed by atoms with van der Waals surface area (Å²) in [7, 11) is 3.43. The predicted octanol–water partition coefficient (Wildman–Crippen LogP) is 0.986. The zero-order valence-corrected chi connectivity index (χ0v) is 19.3. The SMILES string of the molecule is CN(C)C(=O)CN=C(NCCc1ccco1)NCC1COC2(CCOCC2)O1.I. The molecule has 1 aromatic heterocycles. The molecule has 0 aromatic carbocycles. The van der Waals surface area contributed by atoms with E-state index >= 15 is 0 Å². The molecule has 2 aliphatic rings. The first kappa shape index (κ1) is 23.9. The molecule has 0 aliphatic carbocycles. The highest BCUT2D eigenvalue weighted by atomic mass is 127. The van der Waals surface area contributed by atoms with Gasteiger partial charge in [-0.2, -0.15) is 0 Å². The first-order valence-electron chi connectivity index (χ1n) is 9.70. The van der Waals surface area contributed by atoms with Gasteiger partial charge in [-0.1, -0.05) is 0 Å². The first-order valence-corrected chi connectivity index (χ1v) is 9.70. The third kappa shape index (κ3) is 7.43. The number of guanidine groups is 1. The van der Waals surface area contributed by atoms with Crippen LogP contribution in [0.25, 0.3) is 0 Å². The van der Waals surface area contributed by atoms with Crippen LogP contribution < -0.4 is 10.6 Å². The smallest absolute Gasteiger partial charge is 0.243 e. The Hall–Kier alpha value is -1.37. The van der Waals surface area contributed by atoms with E-state index in [1.165, 1.54) is 4.90 Å². The molecule has 1 spiro atoms. The summed E-state index contributed by atoms with van der Waals surface area (Å²) in [5.41, 5.74) is 0. The maximum Gasteiger partial charge on any atom is 0.243 e. The van der Waals surface area contributed by atoms with Gasteiger partial charge in [-0.05, 0) is 12.1 Å². The maximum atomic E-state index is 11.9. The van der Waals surface area contributed by atoms with Crippen LogP contribution >= 0.6 is 24.0 Å². The second-order valence-corrected chi connectivity index (χ2v) is 7.16. The number of nitrogens with zero attached hydrogens (tertiary/aromatic N) is 2. The molecule has 2 saturated heterocycles. The summed E-state index contributed by atoms with van der Waals surface area (Å²) in [4.78, 5) is 17.8. The van der Waals surface area contributed by atoms with E-state index in [2.05, 4.69) is 15.6 Å². The first-order chi connectivity index (χ1) is 13.6. The van der Waals surface area contributed by atoms with Crippen LogP contribution in [0, 0.1) is 0 Å². The molecule has 10 heteroatoms. The number of amides is 1. The molecule has 2 fully saturated rings. The van der Waals surface area contributed by atoms with E-state index < -0.39 is 5.79 Å². The van der Waals surface area contributed by atoms with Crippen molar-refractivity contribution in [1.29, 1.82) is 0 Å². The van der Waals surface area contributed by atoms with Gasteiger partial charge in [0.05, 0.1) is 26.1 Å². The lowest BCUT2D eigenvalue weighted by atomic mass is 10.1. The Balaban J connectivity index is 0.00000300. The zero-order chi connectivity index (χ0) is 19.8.